The van der Waals surface area contributed by atoms with Gasteiger partial charge in [0, 0.05) is 18.5 Å². The number of methoxy groups -OCH3 is 3. The molecular weight excluding hydrogens is 248 g/mol. The molecule has 2 rings (SSSR count). The van der Waals surface area contributed by atoms with Gasteiger partial charge in [-0.3, -0.25) is 0 Å². The molecule has 6 heteroatoms. The van der Waals surface area contributed by atoms with Gasteiger partial charge < -0.3 is 24.8 Å². The first kappa shape index (κ1) is 13.5. The van der Waals surface area contributed by atoms with Gasteiger partial charge in [0.2, 0.25) is 5.75 Å². The zero-order valence-electron chi connectivity index (χ0n) is 11.3. The van der Waals surface area contributed by atoms with E-state index in [1.807, 2.05) is 12.1 Å². The Morgan fingerprint density at radius 3 is 2.47 bits per heavy atom. The molecule has 2 N–H and O–H groups in total. The SMILES string of the molecule is COc1ccc(C2=NOC(CN)C2)c(OC)c1OC. The summed E-state index contributed by atoms with van der Waals surface area (Å²) in [6.45, 7) is 0.433. The summed E-state index contributed by atoms with van der Waals surface area (Å²) in [7, 11) is 4.73. The first-order chi connectivity index (χ1) is 9.24. The van der Waals surface area contributed by atoms with Crippen LogP contribution in [0.25, 0.3) is 0 Å². The van der Waals surface area contributed by atoms with Gasteiger partial charge in [0.15, 0.2) is 11.5 Å². The van der Waals surface area contributed by atoms with Gasteiger partial charge in [0.05, 0.1) is 27.0 Å². The fourth-order valence-electron chi connectivity index (χ4n) is 2.04. The van der Waals surface area contributed by atoms with Crippen molar-refractivity contribution in [3.05, 3.63) is 17.7 Å². The van der Waals surface area contributed by atoms with Crippen molar-refractivity contribution < 1.29 is 19.0 Å². The standard InChI is InChI=1S/C13H18N2O4/c1-16-11-5-4-9(12(17-2)13(11)18-3)10-6-8(7-14)19-15-10/h4-5,8H,6-7,14H2,1-3H3. The molecule has 0 radical (unpaired) electrons. The highest BCUT2D eigenvalue weighted by Gasteiger charge is 2.26. The molecule has 1 aromatic carbocycles. The molecule has 0 saturated carbocycles. The molecule has 1 aliphatic rings. The van der Waals surface area contributed by atoms with Crippen LogP contribution in [-0.2, 0) is 4.84 Å². The van der Waals surface area contributed by atoms with Gasteiger partial charge >= 0.3 is 0 Å². The first-order valence-corrected chi connectivity index (χ1v) is 5.97. The van der Waals surface area contributed by atoms with Crippen molar-refractivity contribution in [3.8, 4) is 17.2 Å². The highest BCUT2D eigenvalue weighted by atomic mass is 16.6. The number of oxime groups is 1. The number of benzene rings is 1. The van der Waals surface area contributed by atoms with Crippen molar-refractivity contribution in [1.29, 1.82) is 0 Å². The summed E-state index contributed by atoms with van der Waals surface area (Å²) >= 11 is 0. The molecule has 1 unspecified atom stereocenters. The Morgan fingerprint density at radius 2 is 1.95 bits per heavy atom. The molecule has 6 nitrogen and oxygen atoms in total. The second-order valence-electron chi connectivity index (χ2n) is 4.09. The predicted octanol–water partition coefficient (Wildman–Crippen LogP) is 1.16. The van der Waals surface area contributed by atoms with Gasteiger partial charge in [-0.25, -0.2) is 0 Å². The molecule has 0 aliphatic carbocycles. The normalized spacial score (nSPS) is 17.7. The van der Waals surface area contributed by atoms with Gasteiger partial charge in [-0.15, -0.1) is 0 Å². The number of nitrogens with zero attached hydrogens (tertiary/aromatic N) is 1. The lowest BCUT2D eigenvalue weighted by Crippen LogP contribution is -2.20. The lowest BCUT2D eigenvalue weighted by molar-refractivity contribution is 0.0918. The predicted molar refractivity (Wildman–Crippen MR) is 71.2 cm³/mol. The summed E-state index contributed by atoms with van der Waals surface area (Å²) in [5.74, 6) is 1.74. The minimum Gasteiger partial charge on any atom is -0.493 e. The van der Waals surface area contributed by atoms with E-state index in [9.17, 15) is 0 Å². The molecule has 104 valence electrons. The summed E-state index contributed by atoms with van der Waals surface area (Å²) in [5.41, 5.74) is 7.20. The average Bonchev–Trinajstić information content (AvgIpc) is 2.94. The maximum absolute atomic E-state index is 5.57. The van der Waals surface area contributed by atoms with Crippen molar-refractivity contribution in [2.24, 2.45) is 10.9 Å². The second-order valence-corrected chi connectivity index (χ2v) is 4.09. The van der Waals surface area contributed by atoms with Crippen molar-refractivity contribution in [2.45, 2.75) is 12.5 Å². The smallest absolute Gasteiger partial charge is 0.203 e. The van der Waals surface area contributed by atoms with Crippen LogP contribution in [0.15, 0.2) is 17.3 Å². The molecular formula is C13H18N2O4. The molecule has 1 atom stereocenters. The minimum absolute atomic E-state index is 0.0761. The quantitative estimate of drug-likeness (QED) is 0.865. The number of rotatable bonds is 5. The Balaban J connectivity index is 2.41. The summed E-state index contributed by atoms with van der Waals surface area (Å²) in [4.78, 5) is 5.23. The van der Waals surface area contributed by atoms with Gasteiger partial charge in [-0.1, -0.05) is 5.16 Å². The Labute approximate surface area is 112 Å². The summed E-state index contributed by atoms with van der Waals surface area (Å²) in [5, 5.41) is 4.06. The third-order valence-corrected chi connectivity index (χ3v) is 3.01. The van der Waals surface area contributed by atoms with E-state index in [-0.39, 0.29) is 6.10 Å². The lowest BCUT2D eigenvalue weighted by Gasteiger charge is -2.15. The van der Waals surface area contributed by atoms with Crippen molar-refractivity contribution in [2.75, 3.05) is 27.9 Å². The molecule has 1 heterocycles. The summed E-state index contributed by atoms with van der Waals surface area (Å²) < 4.78 is 16.0. The summed E-state index contributed by atoms with van der Waals surface area (Å²) in [6, 6.07) is 3.69. The molecule has 0 spiro atoms. The largest absolute Gasteiger partial charge is 0.493 e. The van der Waals surface area contributed by atoms with Crippen LogP contribution < -0.4 is 19.9 Å². The Morgan fingerprint density at radius 1 is 1.21 bits per heavy atom. The Hall–Kier alpha value is -1.95. The van der Waals surface area contributed by atoms with Crippen LogP contribution in [-0.4, -0.2) is 39.7 Å². The van der Waals surface area contributed by atoms with E-state index in [1.165, 1.54) is 0 Å². The third-order valence-electron chi connectivity index (χ3n) is 3.01. The van der Waals surface area contributed by atoms with Crippen LogP contribution in [0, 0.1) is 0 Å². The monoisotopic (exact) mass is 266 g/mol. The van der Waals surface area contributed by atoms with Crippen molar-refractivity contribution >= 4 is 5.71 Å². The van der Waals surface area contributed by atoms with Crippen LogP contribution in [0.1, 0.15) is 12.0 Å². The van der Waals surface area contributed by atoms with Crippen LogP contribution >= 0.6 is 0 Å². The maximum atomic E-state index is 5.57. The van der Waals surface area contributed by atoms with Crippen LogP contribution in [0.5, 0.6) is 17.2 Å². The van der Waals surface area contributed by atoms with Crippen LogP contribution in [0.3, 0.4) is 0 Å². The zero-order valence-corrected chi connectivity index (χ0v) is 11.3. The van der Waals surface area contributed by atoms with Crippen LogP contribution in [0.4, 0.5) is 0 Å². The maximum Gasteiger partial charge on any atom is 0.203 e. The Bertz CT molecular complexity index is 488. The van der Waals surface area contributed by atoms with E-state index in [4.69, 9.17) is 24.8 Å². The van der Waals surface area contributed by atoms with E-state index >= 15 is 0 Å². The number of hydrogen-bond acceptors (Lipinski definition) is 6. The van der Waals surface area contributed by atoms with E-state index in [1.54, 1.807) is 21.3 Å². The topological polar surface area (TPSA) is 75.3 Å². The number of hydrogen-bond donors (Lipinski definition) is 1. The molecule has 0 aromatic heterocycles. The van der Waals surface area contributed by atoms with E-state index < -0.39 is 0 Å². The Kier molecular flexibility index (Phi) is 4.11. The van der Waals surface area contributed by atoms with E-state index in [0.717, 1.165) is 11.3 Å². The molecule has 0 fully saturated rings. The molecule has 0 saturated heterocycles. The van der Waals surface area contributed by atoms with Gasteiger partial charge in [-0.05, 0) is 12.1 Å². The van der Waals surface area contributed by atoms with Gasteiger partial charge in [0.1, 0.15) is 6.10 Å². The number of nitrogens with two attached hydrogens (primary N) is 1. The molecule has 1 aromatic rings. The average molecular weight is 266 g/mol. The van der Waals surface area contributed by atoms with Crippen LogP contribution in [0.2, 0.25) is 0 Å². The van der Waals surface area contributed by atoms with Crippen molar-refractivity contribution in [3.63, 3.8) is 0 Å². The van der Waals surface area contributed by atoms with E-state index in [0.29, 0.717) is 30.2 Å². The number of ether oxygens (including phenoxy) is 3. The fraction of sp³-hybridized carbons (Fsp3) is 0.462. The molecule has 0 bridgehead atoms. The highest BCUT2D eigenvalue weighted by Crippen LogP contribution is 2.40. The highest BCUT2D eigenvalue weighted by molar-refractivity contribution is 6.04. The first-order valence-electron chi connectivity index (χ1n) is 5.97. The van der Waals surface area contributed by atoms with E-state index in [2.05, 4.69) is 5.16 Å². The van der Waals surface area contributed by atoms with Crippen molar-refractivity contribution in [1.82, 2.24) is 0 Å². The van der Waals surface area contributed by atoms with Gasteiger partial charge in [0.25, 0.3) is 0 Å². The second kappa shape index (κ2) is 5.79. The molecule has 19 heavy (non-hydrogen) atoms. The molecule has 1 aliphatic heterocycles. The zero-order chi connectivity index (χ0) is 13.8. The fourth-order valence-corrected chi connectivity index (χ4v) is 2.04. The lowest BCUT2D eigenvalue weighted by atomic mass is 10.0. The minimum atomic E-state index is -0.0761. The third kappa shape index (κ3) is 2.44. The van der Waals surface area contributed by atoms with Gasteiger partial charge in [-0.2, -0.15) is 0 Å². The summed E-state index contributed by atoms with van der Waals surface area (Å²) in [6.07, 6.45) is 0.579. The molecule has 0 amide bonds.